The Hall–Kier alpha value is -2.97. The Morgan fingerprint density at radius 1 is 1.20 bits per heavy atom. The number of nitrogens with one attached hydrogen (secondary N) is 1. The number of aromatic nitrogens is 3. The summed E-state index contributed by atoms with van der Waals surface area (Å²) in [5, 5.41) is 17.5. The van der Waals surface area contributed by atoms with Crippen LogP contribution in [0.3, 0.4) is 0 Å². The predicted octanol–water partition coefficient (Wildman–Crippen LogP) is 1.96. The zero-order chi connectivity index (χ0) is 21.1. The molecule has 3 aromatic rings. The molecule has 2 aromatic heterocycles. The largest absolute Gasteiger partial charge is 0.394 e. The Kier molecular flexibility index (Phi) is 5.96. The molecule has 0 spiro atoms. The summed E-state index contributed by atoms with van der Waals surface area (Å²) in [6.07, 6.45) is 3.24. The molecule has 1 aromatic carbocycles. The molecule has 158 valence electrons. The van der Waals surface area contributed by atoms with E-state index in [0.717, 1.165) is 49.4 Å². The van der Waals surface area contributed by atoms with Crippen molar-refractivity contribution in [3.63, 3.8) is 0 Å². The zero-order valence-electron chi connectivity index (χ0n) is 17.5. The maximum Gasteiger partial charge on any atom is 0.255 e. The zero-order valence-corrected chi connectivity index (χ0v) is 17.5. The molecule has 1 aliphatic heterocycles. The first-order chi connectivity index (χ1) is 14.6. The number of benzene rings is 1. The first-order valence-corrected chi connectivity index (χ1v) is 10.4. The minimum Gasteiger partial charge on any atom is -0.394 e. The number of aryl methyl sites for hydroxylation is 1. The van der Waals surface area contributed by atoms with Gasteiger partial charge in [-0.25, -0.2) is 9.50 Å². The Morgan fingerprint density at radius 3 is 2.60 bits per heavy atom. The molecular weight excluding hydrogens is 380 g/mol. The third-order valence-corrected chi connectivity index (χ3v) is 5.86. The van der Waals surface area contributed by atoms with E-state index in [1.165, 1.54) is 6.33 Å². The van der Waals surface area contributed by atoms with Crippen LogP contribution in [0.4, 0.5) is 5.82 Å². The number of piperazine rings is 1. The molecule has 0 saturated carbocycles. The average molecular weight is 409 g/mol. The number of nitrogens with zero attached hydrogens (tertiary/aromatic N) is 5. The SMILES string of the molecule is CCN1CCN(C(=O)c2cn3ncnc(NC(CO)c4ccccc4)c3c2C)CC1. The number of likely N-dealkylation sites (N-methyl/N-ethyl adjacent to an activating group) is 1. The number of carbonyl (C=O) groups is 1. The number of aliphatic hydroxyl groups excluding tert-OH is 1. The fourth-order valence-corrected chi connectivity index (χ4v) is 4.00. The van der Waals surface area contributed by atoms with Gasteiger partial charge in [-0.3, -0.25) is 4.79 Å². The van der Waals surface area contributed by atoms with E-state index in [9.17, 15) is 9.90 Å². The summed E-state index contributed by atoms with van der Waals surface area (Å²) >= 11 is 0. The van der Waals surface area contributed by atoms with E-state index in [2.05, 4.69) is 27.2 Å². The predicted molar refractivity (Wildman–Crippen MR) is 116 cm³/mol. The minimum absolute atomic E-state index is 0.0291. The molecule has 1 saturated heterocycles. The van der Waals surface area contributed by atoms with Crippen LogP contribution in [0.15, 0.2) is 42.9 Å². The Balaban J connectivity index is 1.62. The summed E-state index contributed by atoms with van der Waals surface area (Å²) in [6.45, 7) is 8.27. The van der Waals surface area contributed by atoms with Crippen molar-refractivity contribution in [2.24, 2.45) is 0 Å². The third kappa shape index (κ3) is 3.88. The van der Waals surface area contributed by atoms with Crippen molar-refractivity contribution in [1.29, 1.82) is 0 Å². The molecule has 1 fully saturated rings. The molecule has 1 unspecified atom stereocenters. The number of amides is 1. The molecular formula is C22H28N6O2. The van der Waals surface area contributed by atoms with Crippen LogP contribution in [-0.4, -0.2) is 74.7 Å². The highest BCUT2D eigenvalue weighted by atomic mass is 16.3. The van der Waals surface area contributed by atoms with Crippen molar-refractivity contribution in [2.45, 2.75) is 19.9 Å². The van der Waals surface area contributed by atoms with Crippen molar-refractivity contribution in [1.82, 2.24) is 24.4 Å². The molecule has 4 rings (SSSR count). The van der Waals surface area contributed by atoms with Gasteiger partial charge in [0, 0.05) is 32.4 Å². The van der Waals surface area contributed by atoms with Gasteiger partial charge in [0.2, 0.25) is 0 Å². The lowest BCUT2D eigenvalue weighted by Gasteiger charge is -2.34. The first-order valence-electron chi connectivity index (χ1n) is 10.4. The van der Waals surface area contributed by atoms with E-state index in [4.69, 9.17) is 0 Å². The van der Waals surface area contributed by atoms with E-state index in [0.29, 0.717) is 11.4 Å². The van der Waals surface area contributed by atoms with Gasteiger partial charge in [0.05, 0.1) is 18.2 Å². The smallest absolute Gasteiger partial charge is 0.255 e. The Bertz CT molecular complexity index is 1010. The van der Waals surface area contributed by atoms with Crippen molar-refractivity contribution in [3.8, 4) is 0 Å². The highest BCUT2D eigenvalue weighted by molar-refractivity contribution is 5.99. The minimum atomic E-state index is -0.305. The van der Waals surface area contributed by atoms with Crippen LogP contribution >= 0.6 is 0 Å². The first kappa shape index (κ1) is 20.3. The lowest BCUT2D eigenvalue weighted by molar-refractivity contribution is 0.0643. The lowest BCUT2D eigenvalue weighted by atomic mass is 10.1. The molecule has 3 heterocycles. The maximum absolute atomic E-state index is 13.2. The molecule has 8 heteroatoms. The number of hydrogen-bond donors (Lipinski definition) is 2. The topological polar surface area (TPSA) is 86.0 Å². The van der Waals surface area contributed by atoms with Gasteiger partial charge in [-0.15, -0.1) is 0 Å². The summed E-state index contributed by atoms with van der Waals surface area (Å²) in [5.41, 5.74) is 3.20. The van der Waals surface area contributed by atoms with Gasteiger partial charge in [-0.2, -0.15) is 5.10 Å². The highest BCUT2D eigenvalue weighted by Gasteiger charge is 2.26. The summed E-state index contributed by atoms with van der Waals surface area (Å²) in [4.78, 5) is 21.8. The van der Waals surface area contributed by atoms with Gasteiger partial charge in [0.1, 0.15) is 11.8 Å². The maximum atomic E-state index is 13.2. The normalized spacial score (nSPS) is 16.0. The standard InChI is InChI=1S/C22H28N6O2/c1-3-26-9-11-27(12-10-26)22(30)18-13-28-20(16(18)2)21(23-15-24-28)25-19(14-29)17-7-5-4-6-8-17/h4-8,13,15,19,29H,3,9-12,14H2,1-2H3,(H,23,24,25). The van der Waals surface area contributed by atoms with Gasteiger partial charge >= 0.3 is 0 Å². The second-order valence-corrected chi connectivity index (χ2v) is 7.59. The third-order valence-electron chi connectivity index (χ3n) is 5.86. The van der Waals surface area contributed by atoms with E-state index in [1.54, 1.807) is 10.7 Å². The molecule has 0 aliphatic carbocycles. The van der Waals surface area contributed by atoms with Gasteiger partial charge < -0.3 is 20.2 Å². The van der Waals surface area contributed by atoms with Crippen molar-refractivity contribution in [3.05, 3.63) is 59.5 Å². The Morgan fingerprint density at radius 2 is 1.93 bits per heavy atom. The number of anilines is 1. The molecule has 30 heavy (non-hydrogen) atoms. The van der Waals surface area contributed by atoms with Crippen LogP contribution in [0.5, 0.6) is 0 Å². The van der Waals surface area contributed by atoms with Crippen LogP contribution < -0.4 is 5.32 Å². The van der Waals surface area contributed by atoms with Crippen LogP contribution in [0, 0.1) is 6.92 Å². The average Bonchev–Trinajstić information content (AvgIpc) is 3.14. The van der Waals surface area contributed by atoms with Gasteiger partial charge in [0.15, 0.2) is 5.82 Å². The van der Waals surface area contributed by atoms with Gasteiger partial charge in [0.25, 0.3) is 5.91 Å². The molecule has 1 atom stereocenters. The lowest BCUT2D eigenvalue weighted by Crippen LogP contribution is -2.48. The van der Waals surface area contributed by atoms with Crippen LogP contribution in [-0.2, 0) is 0 Å². The fraction of sp³-hybridized carbons (Fsp3) is 0.409. The van der Waals surface area contributed by atoms with Crippen molar-refractivity contribution in [2.75, 3.05) is 44.6 Å². The number of carbonyl (C=O) groups excluding carboxylic acids is 1. The molecule has 8 nitrogen and oxygen atoms in total. The van der Waals surface area contributed by atoms with E-state index in [1.807, 2.05) is 42.2 Å². The quantitative estimate of drug-likeness (QED) is 0.649. The number of fused-ring (bicyclic) bond motifs is 1. The fourth-order valence-electron chi connectivity index (χ4n) is 4.00. The van der Waals surface area contributed by atoms with Crippen LogP contribution in [0.2, 0.25) is 0 Å². The molecule has 1 aliphatic rings. The molecule has 2 N–H and O–H groups in total. The number of aliphatic hydroxyl groups is 1. The van der Waals surface area contributed by atoms with E-state index in [-0.39, 0.29) is 18.6 Å². The van der Waals surface area contributed by atoms with Crippen LogP contribution in [0.1, 0.15) is 34.5 Å². The second kappa shape index (κ2) is 8.81. The monoisotopic (exact) mass is 408 g/mol. The number of hydrogen-bond acceptors (Lipinski definition) is 6. The van der Waals surface area contributed by atoms with Crippen molar-refractivity contribution < 1.29 is 9.90 Å². The summed E-state index contributed by atoms with van der Waals surface area (Å²) in [7, 11) is 0. The van der Waals surface area contributed by atoms with Gasteiger partial charge in [-0.1, -0.05) is 37.3 Å². The summed E-state index contributed by atoms with van der Waals surface area (Å²) < 4.78 is 1.69. The van der Waals surface area contributed by atoms with E-state index < -0.39 is 0 Å². The highest BCUT2D eigenvalue weighted by Crippen LogP contribution is 2.27. The number of rotatable bonds is 6. The molecule has 1 amide bonds. The molecule has 0 bridgehead atoms. The van der Waals surface area contributed by atoms with Crippen LogP contribution in [0.25, 0.3) is 5.52 Å². The summed E-state index contributed by atoms with van der Waals surface area (Å²) in [5.74, 6) is 0.627. The van der Waals surface area contributed by atoms with E-state index >= 15 is 0 Å². The van der Waals surface area contributed by atoms with Gasteiger partial charge in [-0.05, 0) is 24.6 Å². The Labute approximate surface area is 176 Å². The molecule has 0 radical (unpaired) electrons. The summed E-state index contributed by atoms with van der Waals surface area (Å²) in [6, 6.07) is 9.43. The second-order valence-electron chi connectivity index (χ2n) is 7.59. The van der Waals surface area contributed by atoms with Crippen molar-refractivity contribution >= 4 is 17.2 Å².